The van der Waals surface area contributed by atoms with Gasteiger partial charge < -0.3 is 19.7 Å². The molecular weight excluding hydrogens is 344 g/mol. The SMILES string of the molecule is CCOc1ccc(OCC)c(NC(=O)c2ccc(N3CCCC3=O)cc2)c1. The Morgan fingerprint density at radius 2 is 1.81 bits per heavy atom. The molecule has 2 aromatic rings. The van der Waals surface area contributed by atoms with Crippen LogP contribution in [-0.2, 0) is 4.79 Å². The molecule has 27 heavy (non-hydrogen) atoms. The van der Waals surface area contributed by atoms with Gasteiger partial charge in [-0.2, -0.15) is 0 Å². The minimum Gasteiger partial charge on any atom is -0.494 e. The molecule has 1 aliphatic heterocycles. The molecule has 6 nitrogen and oxygen atoms in total. The lowest BCUT2D eigenvalue weighted by molar-refractivity contribution is -0.117. The summed E-state index contributed by atoms with van der Waals surface area (Å²) in [6, 6.07) is 12.4. The number of benzene rings is 2. The second kappa shape index (κ2) is 8.58. The molecule has 2 aromatic carbocycles. The molecule has 1 aliphatic rings. The first kappa shape index (κ1) is 18.8. The van der Waals surface area contributed by atoms with Gasteiger partial charge in [-0.1, -0.05) is 0 Å². The average molecular weight is 368 g/mol. The lowest BCUT2D eigenvalue weighted by atomic mass is 10.1. The molecule has 3 rings (SSSR count). The van der Waals surface area contributed by atoms with Crippen molar-refractivity contribution in [1.82, 2.24) is 0 Å². The quantitative estimate of drug-likeness (QED) is 0.806. The Hall–Kier alpha value is -3.02. The van der Waals surface area contributed by atoms with Crippen molar-refractivity contribution in [3.05, 3.63) is 48.0 Å². The van der Waals surface area contributed by atoms with Gasteiger partial charge in [0.05, 0.1) is 18.9 Å². The van der Waals surface area contributed by atoms with E-state index in [0.717, 1.165) is 18.7 Å². The normalized spacial score (nSPS) is 13.6. The summed E-state index contributed by atoms with van der Waals surface area (Å²) in [5.41, 5.74) is 1.89. The van der Waals surface area contributed by atoms with Crippen LogP contribution in [0, 0.1) is 0 Å². The Morgan fingerprint density at radius 3 is 2.44 bits per heavy atom. The molecular formula is C21H24N2O4. The number of carbonyl (C=O) groups is 2. The zero-order valence-corrected chi connectivity index (χ0v) is 15.7. The van der Waals surface area contributed by atoms with Crippen LogP contribution in [-0.4, -0.2) is 31.6 Å². The fourth-order valence-corrected chi connectivity index (χ4v) is 3.05. The Balaban J connectivity index is 1.76. The average Bonchev–Trinajstić information content (AvgIpc) is 3.10. The Labute approximate surface area is 159 Å². The Bertz CT molecular complexity index is 817. The lowest BCUT2D eigenvalue weighted by Gasteiger charge is -2.16. The summed E-state index contributed by atoms with van der Waals surface area (Å²) in [5.74, 6) is 1.14. The molecule has 0 aliphatic carbocycles. The van der Waals surface area contributed by atoms with Crippen molar-refractivity contribution in [2.45, 2.75) is 26.7 Å². The van der Waals surface area contributed by atoms with Gasteiger partial charge in [0, 0.05) is 30.3 Å². The van der Waals surface area contributed by atoms with Gasteiger partial charge in [0.1, 0.15) is 11.5 Å². The zero-order chi connectivity index (χ0) is 19.2. The number of amides is 2. The first-order chi connectivity index (χ1) is 13.1. The highest BCUT2D eigenvalue weighted by Crippen LogP contribution is 2.30. The van der Waals surface area contributed by atoms with Crippen molar-refractivity contribution < 1.29 is 19.1 Å². The molecule has 1 heterocycles. The van der Waals surface area contributed by atoms with E-state index in [1.54, 1.807) is 41.3 Å². The van der Waals surface area contributed by atoms with E-state index < -0.39 is 0 Å². The molecule has 0 spiro atoms. The van der Waals surface area contributed by atoms with E-state index in [0.29, 0.717) is 42.4 Å². The van der Waals surface area contributed by atoms with Crippen LogP contribution in [0.2, 0.25) is 0 Å². The first-order valence-corrected chi connectivity index (χ1v) is 9.23. The van der Waals surface area contributed by atoms with E-state index in [1.165, 1.54) is 0 Å². The molecule has 1 N–H and O–H groups in total. The summed E-state index contributed by atoms with van der Waals surface area (Å²) in [5, 5.41) is 2.88. The van der Waals surface area contributed by atoms with Crippen molar-refractivity contribution >= 4 is 23.2 Å². The third-order valence-electron chi connectivity index (χ3n) is 4.32. The minimum absolute atomic E-state index is 0.126. The second-order valence-electron chi connectivity index (χ2n) is 6.17. The fraction of sp³-hybridized carbons (Fsp3) is 0.333. The molecule has 1 saturated heterocycles. The van der Waals surface area contributed by atoms with E-state index in [-0.39, 0.29) is 11.8 Å². The van der Waals surface area contributed by atoms with Gasteiger partial charge >= 0.3 is 0 Å². The van der Waals surface area contributed by atoms with Crippen LogP contribution >= 0.6 is 0 Å². The van der Waals surface area contributed by atoms with Crippen molar-refractivity contribution in [2.24, 2.45) is 0 Å². The van der Waals surface area contributed by atoms with Crippen molar-refractivity contribution in [3.63, 3.8) is 0 Å². The van der Waals surface area contributed by atoms with E-state index >= 15 is 0 Å². The standard InChI is InChI=1S/C21H24N2O4/c1-3-26-17-11-12-19(27-4-2)18(14-17)22-21(25)15-7-9-16(10-8-15)23-13-5-6-20(23)24/h7-12,14H,3-6,13H2,1-2H3,(H,22,25). The highest BCUT2D eigenvalue weighted by atomic mass is 16.5. The predicted octanol–water partition coefficient (Wildman–Crippen LogP) is 3.86. The summed E-state index contributed by atoms with van der Waals surface area (Å²) in [6.45, 7) is 5.56. The van der Waals surface area contributed by atoms with Crippen LogP contribution in [0.3, 0.4) is 0 Å². The van der Waals surface area contributed by atoms with Gasteiger partial charge in [-0.15, -0.1) is 0 Å². The van der Waals surface area contributed by atoms with Crippen LogP contribution in [0.4, 0.5) is 11.4 Å². The van der Waals surface area contributed by atoms with E-state index in [4.69, 9.17) is 9.47 Å². The molecule has 1 fully saturated rings. The maximum absolute atomic E-state index is 12.6. The van der Waals surface area contributed by atoms with E-state index in [9.17, 15) is 9.59 Å². The van der Waals surface area contributed by atoms with Crippen molar-refractivity contribution in [2.75, 3.05) is 30.0 Å². The van der Waals surface area contributed by atoms with Crippen LogP contribution in [0.25, 0.3) is 0 Å². The second-order valence-corrected chi connectivity index (χ2v) is 6.17. The number of hydrogen-bond acceptors (Lipinski definition) is 4. The highest BCUT2D eigenvalue weighted by molar-refractivity contribution is 6.05. The van der Waals surface area contributed by atoms with Crippen molar-refractivity contribution in [1.29, 1.82) is 0 Å². The van der Waals surface area contributed by atoms with Crippen LogP contribution < -0.4 is 19.7 Å². The number of carbonyl (C=O) groups excluding carboxylic acids is 2. The minimum atomic E-state index is -0.246. The summed E-state index contributed by atoms with van der Waals surface area (Å²) in [7, 11) is 0. The smallest absolute Gasteiger partial charge is 0.255 e. The molecule has 142 valence electrons. The van der Waals surface area contributed by atoms with Crippen LogP contribution in [0.1, 0.15) is 37.0 Å². The monoisotopic (exact) mass is 368 g/mol. The first-order valence-electron chi connectivity index (χ1n) is 9.23. The molecule has 0 saturated carbocycles. The molecule has 0 atom stereocenters. The largest absolute Gasteiger partial charge is 0.494 e. The number of anilines is 2. The van der Waals surface area contributed by atoms with E-state index in [1.807, 2.05) is 19.9 Å². The molecule has 0 radical (unpaired) electrons. The number of nitrogens with one attached hydrogen (secondary N) is 1. The van der Waals surface area contributed by atoms with Gasteiger partial charge in [-0.3, -0.25) is 9.59 Å². The Morgan fingerprint density at radius 1 is 1.07 bits per heavy atom. The zero-order valence-electron chi connectivity index (χ0n) is 15.7. The summed E-state index contributed by atoms with van der Waals surface area (Å²) in [4.78, 5) is 26.2. The number of rotatable bonds is 7. The van der Waals surface area contributed by atoms with Gasteiger partial charge in [-0.05, 0) is 56.7 Å². The van der Waals surface area contributed by atoms with Gasteiger partial charge in [-0.25, -0.2) is 0 Å². The fourth-order valence-electron chi connectivity index (χ4n) is 3.05. The topological polar surface area (TPSA) is 67.9 Å². The molecule has 6 heteroatoms. The molecule has 0 unspecified atom stereocenters. The maximum atomic E-state index is 12.6. The number of nitrogens with zero attached hydrogens (tertiary/aromatic N) is 1. The van der Waals surface area contributed by atoms with Crippen molar-refractivity contribution in [3.8, 4) is 11.5 Å². The molecule has 0 aromatic heterocycles. The van der Waals surface area contributed by atoms with Crippen LogP contribution in [0.15, 0.2) is 42.5 Å². The van der Waals surface area contributed by atoms with E-state index in [2.05, 4.69) is 5.32 Å². The van der Waals surface area contributed by atoms with Crippen LogP contribution in [0.5, 0.6) is 11.5 Å². The predicted molar refractivity (Wildman–Crippen MR) is 105 cm³/mol. The highest BCUT2D eigenvalue weighted by Gasteiger charge is 2.21. The maximum Gasteiger partial charge on any atom is 0.255 e. The Kier molecular flexibility index (Phi) is 5.96. The summed E-state index contributed by atoms with van der Waals surface area (Å²) in [6.07, 6.45) is 1.45. The van der Waals surface area contributed by atoms with Gasteiger partial charge in [0.15, 0.2) is 0 Å². The third kappa shape index (κ3) is 4.39. The molecule has 0 bridgehead atoms. The third-order valence-corrected chi connectivity index (χ3v) is 4.32. The summed E-state index contributed by atoms with van der Waals surface area (Å²) >= 11 is 0. The van der Waals surface area contributed by atoms with Gasteiger partial charge in [0.25, 0.3) is 5.91 Å². The number of ether oxygens (including phenoxy) is 2. The molecule has 2 amide bonds. The lowest BCUT2D eigenvalue weighted by Crippen LogP contribution is -2.23. The van der Waals surface area contributed by atoms with Gasteiger partial charge in [0.2, 0.25) is 5.91 Å². The summed E-state index contributed by atoms with van der Waals surface area (Å²) < 4.78 is 11.1. The number of hydrogen-bond donors (Lipinski definition) is 1.